The van der Waals surface area contributed by atoms with Crippen molar-refractivity contribution in [2.75, 3.05) is 30.8 Å². The summed E-state index contributed by atoms with van der Waals surface area (Å²) in [6.45, 7) is 2.85. The number of nitrogens with one attached hydrogen (secondary N) is 1. The Morgan fingerprint density at radius 3 is 3.06 bits per heavy atom. The average Bonchev–Trinajstić information content (AvgIpc) is 2.72. The van der Waals surface area contributed by atoms with Crippen molar-refractivity contribution in [3.8, 4) is 0 Å². The van der Waals surface area contributed by atoms with Gasteiger partial charge in [0.25, 0.3) is 0 Å². The topological polar surface area (TPSA) is 71.2 Å². The fourth-order valence-corrected chi connectivity index (χ4v) is 2.60. The van der Waals surface area contributed by atoms with Gasteiger partial charge in [0.05, 0.1) is 16.8 Å². The fourth-order valence-electron chi connectivity index (χ4n) is 1.63. The van der Waals surface area contributed by atoms with Crippen molar-refractivity contribution in [3.63, 3.8) is 0 Å². The van der Waals surface area contributed by atoms with Gasteiger partial charge in [-0.1, -0.05) is 11.3 Å². The smallest absolute Gasteiger partial charge is 0.239 e. The van der Waals surface area contributed by atoms with Crippen LogP contribution in [0.15, 0.2) is 18.2 Å². The van der Waals surface area contributed by atoms with Crippen molar-refractivity contribution in [1.29, 1.82) is 0 Å². The lowest BCUT2D eigenvalue weighted by Gasteiger charge is -2.14. The summed E-state index contributed by atoms with van der Waals surface area (Å²) >= 11 is 1.53. The largest absolute Gasteiger partial charge is 0.399 e. The molecular formula is C12H16N4OS. The molecule has 0 saturated carbocycles. The first-order chi connectivity index (χ1) is 8.60. The van der Waals surface area contributed by atoms with E-state index in [4.69, 9.17) is 5.73 Å². The number of nitrogens with zero attached hydrogens (tertiary/aromatic N) is 2. The summed E-state index contributed by atoms with van der Waals surface area (Å²) in [5, 5.41) is 3.59. The molecule has 3 N–H and O–H groups in total. The lowest BCUT2D eigenvalue weighted by atomic mass is 10.3. The minimum absolute atomic E-state index is 0.00114. The number of benzene rings is 1. The first-order valence-electron chi connectivity index (χ1n) is 5.74. The van der Waals surface area contributed by atoms with Crippen LogP contribution >= 0.6 is 11.3 Å². The van der Waals surface area contributed by atoms with Gasteiger partial charge in [-0.15, -0.1) is 0 Å². The lowest BCUT2D eigenvalue weighted by molar-refractivity contribution is -0.119. The third-order valence-corrected chi connectivity index (χ3v) is 3.61. The summed E-state index contributed by atoms with van der Waals surface area (Å²) < 4.78 is 1.03. The molecule has 0 spiro atoms. The first kappa shape index (κ1) is 12.6. The molecule has 18 heavy (non-hydrogen) atoms. The molecule has 2 rings (SSSR count). The summed E-state index contributed by atoms with van der Waals surface area (Å²) in [4.78, 5) is 17.8. The number of amides is 1. The van der Waals surface area contributed by atoms with Gasteiger partial charge in [0.15, 0.2) is 5.13 Å². The number of anilines is 2. The van der Waals surface area contributed by atoms with Crippen LogP contribution in [-0.4, -0.2) is 31.0 Å². The normalized spacial score (nSPS) is 10.6. The molecule has 0 bridgehead atoms. The van der Waals surface area contributed by atoms with Gasteiger partial charge in [-0.3, -0.25) is 4.79 Å². The Kier molecular flexibility index (Phi) is 3.66. The second kappa shape index (κ2) is 5.22. The Morgan fingerprint density at radius 2 is 2.33 bits per heavy atom. The van der Waals surface area contributed by atoms with Gasteiger partial charge in [-0.2, -0.15) is 0 Å². The highest BCUT2D eigenvalue weighted by Gasteiger charge is 2.11. The number of aromatic nitrogens is 1. The summed E-state index contributed by atoms with van der Waals surface area (Å²) in [5.41, 5.74) is 7.37. The standard InChI is InChI=1S/C12H16N4OS/c1-3-14-11(17)7-16(2)12-15-9-5-4-8(13)6-10(9)18-12/h4-6H,3,7,13H2,1-2H3,(H,14,17). The Bertz CT molecular complexity index is 566. The number of carbonyl (C=O) groups is 1. The highest BCUT2D eigenvalue weighted by molar-refractivity contribution is 7.22. The van der Waals surface area contributed by atoms with Crippen molar-refractivity contribution in [2.24, 2.45) is 0 Å². The minimum atomic E-state index is -0.00114. The second-order valence-electron chi connectivity index (χ2n) is 4.03. The van der Waals surface area contributed by atoms with Crippen molar-refractivity contribution >= 4 is 38.3 Å². The zero-order valence-corrected chi connectivity index (χ0v) is 11.3. The summed E-state index contributed by atoms with van der Waals surface area (Å²) in [7, 11) is 1.86. The number of hydrogen-bond donors (Lipinski definition) is 2. The third kappa shape index (κ3) is 2.70. The minimum Gasteiger partial charge on any atom is -0.399 e. The number of likely N-dealkylation sites (N-methyl/N-ethyl adjacent to an activating group) is 2. The van der Waals surface area contributed by atoms with E-state index in [1.165, 1.54) is 11.3 Å². The van der Waals surface area contributed by atoms with Crippen LogP contribution in [0, 0.1) is 0 Å². The maximum Gasteiger partial charge on any atom is 0.239 e. The number of fused-ring (bicyclic) bond motifs is 1. The Balaban J connectivity index is 2.17. The number of rotatable bonds is 4. The molecular weight excluding hydrogens is 248 g/mol. The Hall–Kier alpha value is -1.82. The highest BCUT2D eigenvalue weighted by Crippen LogP contribution is 2.29. The quantitative estimate of drug-likeness (QED) is 0.820. The summed E-state index contributed by atoms with van der Waals surface area (Å²) in [6, 6.07) is 5.62. The molecule has 6 heteroatoms. The second-order valence-corrected chi connectivity index (χ2v) is 5.04. The molecule has 0 aliphatic carbocycles. The molecule has 2 aromatic rings. The monoisotopic (exact) mass is 264 g/mol. The molecule has 1 aromatic heterocycles. The number of hydrogen-bond acceptors (Lipinski definition) is 5. The molecule has 1 aromatic carbocycles. The summed E-state index contributed by atoms with van der Waals surface area (Å²) in [6.07, 6.45) is 0. The first-order valence-corrected chi connectivity index (χ1v) is 6.55. The molecule has 1 amide bonds. The molecule has 0 radical (unpaired) electrons. The predicted molar refractivity (Wildman–Crippen MR) is 76.0 cm³/mol. The molecule has 0 aliphatic heterocycles. The zero-order chi connectivity index (χ0) is 13.1. The van der Waals surface area contributed by atoms with E-state index in [2.05, 4.69) is 10.3 Å². The van der Waals surface area contributed by atoms with E-state index in [1.807, 2.05) is 37.1 Å². The van der Waals surface area contributed by atoms with Gasteiger partial charge in [0.1, 0.15) is 0 Å². The van der Waals surface area contributed by atoms with E-state index in [1.54, 1.807) is 0 Å². The van der Waals surface area contributed by atoms with Crippen molar-refractivity contribution < 1.29 is 4.79 Å². The SMILES string of the molecule is CCNC(=O)CN(C)c1nc2ccc(N)cc2s1. The van der Waals surface area contributed by atoms with E-state index in [0.29, 0.717) is 13.1 Å². The molecule has 96 valence electrons. The van der Waals surface area contributed by atoms with Gasteiger partial charge in [-0.05, 0) is 25.1 Å². The van der Waals surface area contributed by atoms with Gasteiger partial charge >= 0.3 is 0 Å². The van der Waals surface area contributed by atoms with Gasteiger partial charge in [-0.25, -0.2) is 4.98 Å². The van der Waals surface area contributed by atoms with Crippen LogP contribution in [0.5, 0.6) is 0 Å². The predicted octanol–water partition coefficient (Wildman–Crippen LogP) is 1.45. The highest BCUT2D eigenvalue weighted by atomic mass is 32.1. The van der Waals surface area contributed by atoms with E-state index < -0.39 is 0 Å². The van der Waals surface area contributed by atoms with Gasteiger partial charge in [0.2, 0.25) is 5.91 Å². The lowest BCUT2D eigenvalue weighted by Crippen LogP contribution is -2.34. The number of thiazole rings is 1. The van der Waals surface area contributed by atoms with Crippen molar-refractivity contribution in [1.82, 2.24) is 10.3 Å². The number of carbonyl (C=O) groups excluding carboxylic acids is 1. The molecule has 0 fully saturated rings. The average molecular weight is 264 g/mol. The fraction of sp³-hybridized carbons (Fsp3) is 0.333. The molecule has 0 saturated heterocycles. The van der Waals surface area contributed by atoms with E-state index in [9.17, 15) is 4.79 Å². The van der Waals surface area contributed by atoms with Crippen LogP contribution in [0.1, 0.15) is 6.92 Å². The van der Waals surface area contributed by atoms with Crippen LogP contribution in [0.3, 0.4) is 0 Å². The van der Waals surface area contributed by atoms with Gasteiger partial charge in [0, 0.05) is 19.3 Å². The van der Waals surface area contributed by atoms with Crippen molar-refractivity contribution in [2.45, 2.75) is 6.92 Å². The van der Waals surface area contributed by atoms with Crippen LogP contribution in [0.2, 0.25) is 0 Å². The molecule has 0 atom stereocenters. The van der Waals surface area contributed by atoms with E-state index >= 15 is 0 Å². The van der Waals surface area contributed by atoms with Crippen LogP contribution < -0.4 is 16.0 Å². The maximum absolute atomic E-state index is 11.5. The van der Waals surface area contributed by atoms with Crippen LogP contribution in [-0.2, 0) is 4.79 Å². The van der Waals surface area contributed by atoms with Gasteiger partial charge < -0.3 is 16.0 Å². The molecule has 0 aliphatic rings. The van der Waals surface area contributed by atoms with Crippen LogP contribution in [0.4, 0.5) is 10.8 Å². The molecule has 5 nitrogen and oxygen atoms in total. The summed E-state index contributed by atoms with van der Waals surface area (Å²) in [5.74, 6) is -0.00114. The third-order valence-electron chi connectivity index (χ3n) is 2.48. The number of nitrogen functional groups attached to an aromatic ring is 1. The van der Waals surface area contributed by atoms with E-state index in [-0.39, 0.29) is 5.91 Å². The zero-order valence-electron chi connectivity index (χ0n) is 10.4. The Labute approximate surface area is 110 Å². The molecule has 0 unspecified atom stereocenters. The number of nitrogens with two attached hydrogens (primary N) is 1. The molecule has 1 heterocycles. The van der Waals surface area contributed by atoms with E-state index in [0.717, 1.165) is 21.0 Å². The Morgan fingerprint density at radius 1 is 1.56 bits per heavy atom. The maximum atomic E-state index is 11.5. The van der Waals surface area contributed by atoms with Crippen LogP contribution in [0.25, 0.3) is 10.2 Å². The van der Waals surface area contributed by atoms with Crippen molar-refractivity contribution in [3.05, 3.63) is 18.2 Å².